The van der Waals surface area contributed by atoms with Crippen molar-refractivity contribution in [1.82, 2.24) is 15.2 Å². The van der Waals surface area contributed by atoms with Crippen LogP contribution >= 0.6 is 11.8 Å². The zero-order valence-corrected chi connectivity index (χ0v) is 14.0. The number of benzene rings is 2. The van der Waals surface area contributed by atoms with Crippen LogP contribution in [0, 0.1) is 6.92 Å². The van der Waals surface area contributed by atoms with Gasteiger partial charge in [-0.05, 0) is 41.0 Å². The summed E-state index contributed by atoms with van der Waals surface area (Å²) in [5.41, 5.74) is 3.35. The molecule has 0 aliphatic carbocycles. The molecule has 0 aliphatic rings. The molecular formula is C19H15N3OS. The van der Waals surface area contributed by atoms with E-state index in [4.69, 9.17) is 4.42 Å². The molecule has 4 aromatic rings. The molecule has 24 heavy (non-hydrogen) atoms. The van der Waals surface area contributed by atoms with Crippen LogP contribution in [-0.4, -0.2) is 15.2 Å². The van der Waals surface area contributed by atoms with E-state index in [1.165, 1.54) is 22.9 Å². The van der Waals surface area contributed by atoms with Gasteiger partial charge in [-0.3, -0.25) is 4.98 Å². The molecule has 0 fully saturated rings. The lowest BCUT2D eigenvalue weighted by molar-refractivity contribution is 0.466. The number of rotatable bonds is 4. The van der Waals surface area contributed by atoms with Crippen LogP contribution in [0.25, 0.3) is 22.2 Å². The Morgan fingerprint density at radius 1 is 1.00 bits per heavy atom. The van der Waals surface area contributed by atoms with Crippen molar-refractivity contribution in [2.75, 3.05) is 0 Å². The molecule has 4 rings (SSSR count). The zero-order valence-electron chi connectivity index (χ0n) is 13.1. The minimum atomic E-state index is 0.553. The Morgan fingerprint density at radius 2 is 1.88 bits per heavy atom. The fourth-order valence-electron chi connectivity index (χ4n) is 2.58. The summed E-state index contributed by atoms with van der Waals surface area (Å²) in [4.78, 5) is 4.16. The second-order valence-electron chi connectivity index (χ2n) is 5.49. The highest BCUT2D eigenvalue weighted by atomic mass is 32.2. The van der Waals surface area contributed by atoms with E-state index in [-0.39, 0.29) is 0 Å². The maximum atomic E-state index is 5.86. The van der Waals surface area contributed by atoms with E-state index in [2.05, 4.69) is 40.3 Å². The highest BCUT2D eigenvalue weighted by Gasteiger charge is 2.12. The van der Waals surface area contributed by atoms with E-state index in [0.717, 1.165) is 22.1 Å². The fourth-order valence-corrected chi connectivity index (χ4v) is 3.39. The summed E-state index contributed by atoms with van der Waals surface area (Å²) in [7, 11) is 0. The van der Waals surface area contributed by atoms with E-state index in [9.17, 15) is 0 Å². The highest BCUT2D eigenvalue weighted by molar-refractivity contribution is 7.98. The lowest BCUT2D eigenvalue weighted by Gasteiger charge is -2.02. The van der Waals surface area contributed by atoms with Crippen molar-refractivity contribution in [1.29, 1.82) is 0 Å². The second kappa shape index (κ2) is 6.45. The smallest absolute Gasteiger partial charge is 0.277 e. The minimum absolute atomic E-state index is 0.553. The van der Waals surface area contributed by atoms with Gasteiger partial charge < -0.3 is 4.42 Å². The predicted molar refractivity (Wildman–Crippen MR) is 95.8 cm³/mol. The van der Waals surface area contributed by atoms with Crippen LogP contribution in [0.1, 0.15) is 11.1 Å². The molecule has 0 atom stereocenters. The van der Waals surface area contributed by atoms with Crippen molar-refractivity contribution >= 4 is 22.5 Å². The van der Waals surface area contributed by atoms with Gasteiger partial charge in [0.15, 0.2) is 0 Å². The monoisotopic (exact) mass is 333 g/mol. The molecule has 0 saturated heterocycles. The molecule has 118 valence electrons. The Balaban J connectivity index is 1.59. The Morgan fingerprint density at radius 3 is 2.79 bits per heavy atom. The summed E-state index contributed by atoms with van der Waals surface area (Å²) in [6.45, 7) is 2.08. The summed E-state index contributed by atoms with van der Waals surface area (Å²) in [5.74, 6) is 1.31. The summed E-state index contributed by atoms with van der Waals surface area (Å²) in [5, 5.41) is 11.2. The van der Waals surface area contributed by atoms with Crippen LogP contribution in [0.4, 0.5) is 0 Å². The molecule has 5 heteroatoms. The molecule has 0 saturated carbocycles. The zero-order chi connectivity index (χ0) is 16.4. The van der Waals surface area contributed by atoms with E-state index >= 15 is 0 Å². The molecule has 0 bridgehead atoms. The Kier molecular flexibility index (Phi) is 4.01. The predicted octanol–water partition coefficient (Wildman–Crippen LogP) is 4.89. The number of pyridine rings is 1. The Bertz CT molecular complexity index is 991. The summed E-state index contributed by atoms with van der Waals surface area (Å²) in [6.07, 6.45) is 3.68. The minimum Gasteiger partial charge on any atom is -0.411 e. The fraction of sp³-hybridized carbons (Fsp3) is 0.105. The van der Waals surface area contributed by atoms with Crippen molar-refractivity contribution in [3.63, 3.8) is 0 Å². The standard InChI is InChI=1S/C19H15N3OS/c1-13-9-10-20-11-15(13)12-24-19-22-21-18(23-19)17-8-4-6-14-5-2-3-7-16(14)17/h2-11H,12H2,1H3. The molecule has 2 aromatic carbocycles. The maximum Gasteiger partial charge on any atom is 0.277 e. The van der Waals surface area contributed by atoms with Crippen LogP contribution in [0.3, 0.4) is 0 Å². The Hall–Kier alpha value is -2.66. The van der Waals surface area contributed by atoms with Gasteiger partial charge in [-0.15, -0.1) is 10.2 Å². The molecule has 0 spiro atoms. The van der Waals surface area contributed by atoms with Crippen molar-refractivity contribution in [2.45, 2.75) is 17.9 Å². The van der Waals surface area contributed by atoms with Crippen molar-refractivity contribution in [3.8, 4) is 11.5 Å². The number of thioether (sulfide) groups is 1. The molecular weight excluding hydrogens is 318 g/mol. The molecule has 0 N–H and O–H groups in total. The normalized spacial score (nSPS) is 11.0. The first kappa shape index (κ1) is 14.9. The molecule has 0 unspecified atom stereocenters. The first-order chi connectivity index (χ1) is 11.8. The summed E-state index contributed by atoms with van der Waals surface area (Å²) < 4.78 is 5.86. The molecule has 4 nitrogen and oxygen atoms in total. The first-order valence-corrected chi connectivity index (χ1v) is 8.64. The van der Waals surface area contributed by atoms with Gasteiger partial charge in [0.05, 0.1) is 0 Å². The van der Waals surface area contributed by atoms with E-state index in [0.29, 0.717) is 11.1 Å². The third kappa shape index (κ3) is 2.90. The van der Waals surface area contributed by atoms with Crippen molar-refractivity contribution in [2.24, 2.45) is 0 Å². The van der Waals surface area contributed by atoms with Crippen molar-refractivity contribution < 1.29 is 4.42 Å². The molecule has 0 aliphatic heterocycles. The molecule has 2 aromatic heterocycles. The second-order valence-corrected chi connectivity index (χ2v) is 6.42. The third-order valence-corrected chi connectivity index (χ3v) is 4.79. The van der Waals surface area contributed by atoms with E-state index < -0.39 is 0 Å². The van der Waals surface area contributed by atoms with Gasteiger partial charge in [-0.2, -0.15) is 0 Å². The quantitative estimate of drug-likeness (QED) is 0.498. The van der Waals surface area contributed by atoms with Gasteiger partial charge in [0.1, 0.15) is 0 Å². The van der Waals surface area contributed by atoms with Crippen LogP contribution in [0.15, 0.2) is 70.6 Å². The average Bonchev–Trinajstić information content (AvgIpc) is 3.09. The first-order valence-electron chi connectivity index (χ1n) is 7.65. The molecule has 0 radical (unpaired) electrons. The number of aromatic nitrogens is 3. The van der Waals surface area contributed by atoms with Gasteiger partial charge in [0, 0.05) is 23.7 Å². The van der Waals surface area contributed by atoms with E-state index in [1.54, 1.807) is 6.20 Å². The van der Waals surface area contributed by atoms with E-state index in [1.807, 2.05) is 36.5 Å². The van der Waals surface area contributed by atoms with Crippen LogP contribution < -0.4 is 0 Å². The number of hydrogen-bond donors (Lipinski definition) is 0. The van der Waals surface area contributed by atoms with Crippen LogP contribution in [0.5, 0.6) is 0 Å². The number of hydrogen-bond acceptors (Lipinski definition) is 5. The van der Waals surface area contributed by atoms with Crippen molar-refractivity contribution in [3.05, 3.63) is 72.1 Å². The average molecular weight is 333 g/mol. The van der Waals surface area contributed by atoms with Crippen LogP contribution in [0.2, 0.25) is 0 Å². The van der Waals surface area contributed by atoms with Gasteiger partial charge in [0.2, 0.25) is 5.89 Å². The topological polar surface area (TPSA) is 51.8 Å². The lowest BCUT2D eigenvalue weighted by atomic mass is 10.0. The van der Waals surface area contributed by atoms with Gasteiger partial charge in [-0.1, -0.05) is 48.2 Å². The maximum absolute atomic E-state index is 5.86. The van der Waals surface area contributed by atoms with Crippen LogP contribution in [-0.2, 0) is 5.75 Å². The summed E-state index contributed by atoms with van der Waals surface area (Å²) in [6, 6.07) is 16.3. The Labute approximate surface area is 144 Å². The molecule has 0 amide bonds. The van der Waals surface area contributed by atoms with Gasteiger partial charge >= 0.3 is 0 Å². The number of aryl methyl sites for hydroxylation is 1. The van der Waals surface area contributed by atoms with Gasteiger partial charge in [-0.25, -0.2) is 0 Å². The third-order valence-electron chi connectivity index (χ3n) is 3.93. The highest BCUT2D eigenvalue weighted by Crippen LogP contribution is 2.30. The van der Waals surface area contributed by atoms with Gasteiger partial charge in [0.25, 0.3) is 5.22 Å². The molecule has 2 heterocycles. The largest absolute Gasteiger partial charge is 0.411 e. The lowest BCUT2D eigenvalue weighted by Crippen LogP contribution is -1.87. The SMILES string of the molecule is Cc1ccncc1CSc1nnc(-c2cccc3ccccc23)o1. The number of fused-ring (bicyclic) bond motifs is 1. The number of nitrogens with zero attached hydrogens (tertiary/aromatic N) is 3. The summed E-state index contributed by atoms with van der Waals surface area (Å²) >= 11 is 1.53.